The lowest BCUT2D eigenvalue weighted by atomic mass is 9.78. The molecule has 10 heteroatoms. The lowest BCUT2D eigenvalue weighted by molar-refractivity contribution is -0.119. The molecule has 0 saturated carbocycles. The van der Waals surface area contributed by atoms with Gasteiger partial charge in [-0.2, -0.15) is 0 Å². The molecule has 0 radical (unpaired) electrons. The number of hydrogen-bond donors (Lipinski definition) is 2. The highest BCUT2D eigenvalue weighted by Crippen LogP contribution is 2.45. The van der Waals surface area contributed by atoms with Crippen LogP contribution in [0.4, 0.5) is 11.6 Å². The Morgan fingerprint density at radius 2 is 1.86 bits per heavy atom. The topological polar surface area (TPSA) is 120 Å². The number of fused-ring (bicyclic) bond motifs is 2. The van der Waals surface area contributed by atoms with Gasteiger partial charge >= 0.3 is 0 Å². The smallest absolute Gasteiger partial charge is 0.259 e. The van der Waals surface area contributed by atoms with Crippen molar-refractivity contribution < 1.29 is 9.53 Å². The molecule has 0 fully saturated rings. The number of rotatable bonds is 5. The summed E-state index contributed by atoms with van der Waals surface area (Å²) in [6.45, 7) is 2.12. The maximum Gasteiger partial charge on any atom is 0.259 e. The molecule has 1 aliphatic heterocycles. The Balaban J connectivity index is 1.41. The van der Waals surface area contributed by atoms with Crippen LogP contribution in [0.3, 0.4) is 0 Å². The Kier molecular flexibility index (Phi) is 5.08. The summed E-state index contributed by atoms with van der Waals surface area (Å²) in [5, 5.41) is 3.44. The van der Waals surface area contributed by atoms with Gasteiger partial charge in [-0.25, -0.2) is 19.9 Å². The van der Waals surface area contributed by atoms with E-state index in [1.165, 1.54) is 0 Å². The third-order valence-electron chi connectivity index (χ3n) is 6.34. The fourth-order valence-corrected chi connectivity index (χ4v) is 4.54. The molecule has 5 aromatic rings. The van der Waals surface area contributed by atoms with Gasteiger partial charge in [0.1, 0.15) is 29.4 Å². The van der Waals surface area contributed by atoms with Crippen molar-refractivity contribution in [3.05, 3.63) is 94.9 Å². The first kappa shape index (κ1) is 22.0. The molecule has 1 aliphatic rings. The molecular weight excluding hydrogens is 478 g/mol. The molecule has 3 N–H and O–H groups in total. The van der Waals surface area contributed by atoms with Gasteiger partial charge in [-0.05, 0) is 30.2 Å². The molecule has 1 unspecified atom stereocenters. The summed E-state index contributed by atoms with van der Waals surface area (Å²) < 4.78 is 7.79. The van der Waals surface area contributed by atoms with E-state index in [0.717, 1.165) is 11.1 Å². The molecule has 6 rings (SSSR count). The van der Waals surface area contributed by atoms with Crippen molar-refractivity contribution in [2.24, 2.45) is 0 Å². The number of hydrogen-bond acceptors (Lipinski definition) is 7. The molecule has 1 amide bonds. The summed E-state index contributed by atoms with van der Waals surface area (Å²) in [6, 6.07) is 16.8. The largest absolute Gasteiger partial charge is 0.470 e. The number of benzene rings is 2. The number of imidazole rings is 1. The van der Waals surface area contributed by atoms with E-state index in [9.17, 15) is 4.79 Å². The molecule has 4 heterocycles. The van der Waals surface area contributed by atoms with Crippen LogP contribution in [0.5, 0.6) is 5.88 Å². The number of nitrogens with two attached hydrogens (primary N) is 1. The molecule has 0 saturated heterocycles. The van der Waals surface area contributed by atoms with Crippen molar-refractivity contribution in [2.45, 2.75) is 18.9 Å². The van der Waals surface area contributed by atoms with Crippen LogP contribution in [0.15, 0.2) is 73.2 Å². The Morgan fingerprint density at radius 3 is 2.64 bits per heavy atom. The van der Waals surface area contributed by atoms with Crippen molar-refractivity contribution in [1.29, 1.82) is 0 Å². The highest BCUT2D eigenvalue weighted by molar-refractivity contribution is 6.30. The second-order valence-electron chi connectivity index (χ2n) is 8.61. The highest BCUT2D eigenvalue weighted by Gasteiger charge is 2.47. The minimum absolute atomic E-state index is 0.185. The Morgan fingerprint density at radius 1 is 1.08 bits per heavy atom. The van der Waals surface area contributed by atoms with Crippen molar-refractivity contribution >= 4 is 34.8 Å². The first-order valence-electron chi connectivity index (χ1n) is 11.2. The van der Waals surface area contributed by atoms with Gasteiger partial charge in [-0.15, -0.1) is 0 Å². The van der Waals surface area contributed by atoms with Crippen molar-refractivity contribution in [1.82, 2.24) is 24.3 Å². The number of nitrogen functional groups attached to an aromatic ring is 1. The fourth-order valence-electron chi connectivity index (χ4n) is 4.41. The summed E-state index contributed by atoms with van der Waals surface area (Å²) in [7, 11) is 0. The van der Waals surface area contributed by atoms with Crippen LogP contribution in [0.2, 0.25) is 5.02 Å². The van der Waals surface area contributed by atoms with Crippen LogP contribution in [-0.4, -0.2) is 30.2 Å². The van der Waals surface area contributed by atoms with Gasteiger partial charge in [-0.3, -0.25) is 4.79 Å². The summed E-state index contributed by atoms with van der Waals surface area (Å²) in [5.74, 6) is 0.873. The van der Waals surface area contributed by atoms with Gasteiger partial charge in [0.25, 0.3) is 5.88 Å². The molecule has 3 aromatic heterocycles. The second-order valence-corrected chi connectivity index (χ2v) is 9.04. The minimum atomic E-state index is -1.06. The van der Waals surface area contributed by atoms with Crippen LogP contribution >= 0.6 is 11.6 Å². The maximum absolute atomic E-state index is 13.1. The first-order chi connectivity index (χ1) is 17.4. The normalized spacial score (nSPS) is 16.7. The molecule has 0 spiro atoms. The van der Waals surface area contributed by atoms with Gasteiger partial charge in [0, 0.05) is 23.6 Å². The standard InChI is InChI=1S/C26H20ClN7O2/c1-26(16-7-9-17(27)10-8-16)19-20(28)31-21(32-22(19)33-25(26)35)18-13-34-12-11-29-23(34)24(30-18)36-14-15-5-3-2-4-6-15/h2-13H,14H2,1H3,(H3,28,31,32,33,35). The van der Waals surface area contributed by atoms with Crippen LogP contribution in [0.1, 0.15) is 23.6 Å². The van der Waals surface area contributed by atoms with Gasteiger partial charge in [0.15, 0.2) is 5.82 Å². The Hall–Kier alpha value is -4.50. The molecular formula is C26H20ClN7O2. The van der Waals surface area contributed by atoms with E-state index in [0.29, 0.717) is 40.2 Å². The quantitative estimate of drug-likeness (QED) is 0.372. The number of anilines is 2. The van der Waals surface area contributed by atoms with Crippen LogP contribution in [-0.2, 0) is 16.8 Å². The third-order valence-corrected chi connectivity index (χ3v) is 6.59. The maximum atomic E-state index is 13.1. The second kappa shape index (κ2) is 8.31. The van der Waals surface area contributed by atoms with Crippen LogP contribution < -0.4 is 15.8 Å². The third kappa shape index (κ3) is 3.52. The molecule has 9 nitrogen and oxygen atoms in total. The van der Waals surface area contributed by atoms with E-state index in [1.807, 2.05) is 30.3 Å². The van der Waals surface area contributed by atoms with Gasteiger partial charge < -0.3 is 20.2 Å². The SMILES string of the molecule is CC1(c2ccc(Cl)cc2)C(=O)Nc2nc(-c3cn4ccnc4c(OCc4ccccc4)n3)nc(N)c21. The average Bonchev–Trinajstić information content (AvgIpc) is 3.46. The number of aromatic nitrogens is 5. The van der Waals surface area contributed by atoms with Gasteiger partial charge in [0.2, 0.25) is 11.6 Å². The molecule has 178 valence electrons. The monoisotopic (exact) mass is 497 g/mol. The predicted octanol–water partition coefficient (Wildman–Crippen LogP) is 4.26. The number of nitrogens with one attached hydrogen (secondary N) is 1. The van der Waals surface area contributed by atoms with Crippen molar-refractivity contribution in [3.63, 3.8) is 0 Å². The first-order valence-corrected chi connectivity index (χ1v) is 11.6. The number of halogens is 1. The minimum Gasteiger partial charge on any atom is -0.470 e. The number of amides is 1. The van der Waals surface area contributed by atoms with E-state index in [1.54, 1.807) is 54.2 Å². The summed E-state index contributed by atoms with van der Waals surface area (Å²) in [5.41, 5.74) is 8.61. The zero-order chi connectivity index (χ0) is 24.9. The molecule has 1 atom stereocenters. The number of nitrogens with zero attached hydrogens (tertiary/aromatic N) is 5. The van der Waals surface area contributed by atoms with E-state index < -0.39 is 5.41 Å². The summed E-state index contributed by atoms with van der Waals surface area (Å²) in [4.78, 5) is 31.3. The lowest BCUT2D eigenvalue weighted by Crippen LogP contribution is -2.32. The number of carbonyl (C=O) groups is 1. The van der Waals surface area contributed by atoms with E-state index in [4.69, 9.17) is 22.1 Å². The summed E-state index contributed by atoms with van der Waals surface area (Å²) in [6.07, 6.45) is 5.19. The summed E-state index contributed by atoms with van der Waals surface area (Å²) >= 11 is 6.05. The van der Waals surface area contributed by atoms with E-state index in [2.05, 4.69) is 25.3 Å². The van der Waals surface area contributed by atoms with Crippen LogP contribution in [0, 0.1) is 0 Å². The zero-order valence-corrected chi connectivity index (χ0v) is 19.9. The molecule has 36 heavy (non-hydrogen) atoms. The van der Waals surface area contributed by atoms with Gasteiger partial charge in [-0.1, -0.05) is 54.1 Å². The molecule has 2 aromatic carbocycles. The average molecular weight is 498 g/mol. The molecule has 0 aliphatic carbocycles. The number of carbonyl (C=O) groups excluding carboxylic acids is 1. The van der Waals surface area contributed by atoms with Gasteiger partial charge in [0.05, 0.1) is 5.56 Å². The fraction of sp³-hybridized carbons (Fsp3) is 0.115. The zero-order valence-electron chi connectivity index (χ0n) is 19.1. The molecule has 0 bridgehead atoms. The highest BCUT2D eigenvalue weighted by atomic mass is 35.5. The lowest BCUT2D eigenvalue weighted by Gasteiger charge is -2.23. The predicted molar refractivity (Wildman–Crippen MR) is 136 cm³/mol. The van der Waals surface area contributed by atoms with Crippen LogP contribution in [0.25, 0.3) is 17.2 Å². The Bertz CT molecular complexity index is 1620. The number of ether oxygens (including phenoxy) is 1. The van der Waals surface area contributed by atoms with E-state index in [-0.39, 0.29) is 17.5 Å². The van der Waals surface area contributed by atoms with E-state index >= 15 is 0 Å². The van der Waals surface area contributed by atoms with Crippen molar-refractivity contribution in [2.75, 3.05) is 11.1 Å². The van der Waals surface area contributed by atoms with Crippen molar-refractivity contribution in [3.8, 4) is 17.4 Å². The Labute approximate surface area is 211 Å².